The first-order valence-corrected chi connectivity index (χ1v) is 8.07. The third-order valence-corrected chi connectivity index (χ3v) is 4.14. The smallest absolute Gasteiger partial charge is 0.355 e. The molecule has 0 aliphatic carbocycles. The van der Waals surface area contributed by atoms with E-state index in [2.05, 4.69) is 9.98 Å². The maximum atomic E-state index is 12.2. The van der Waals surface area contributed by atoms with Gasteiger partial charge in [0.05, 0.1) is 5.69 Å². The van der Waals surface area contributed by atoms with E-state index < -0.39 is 5.69 Å². The fraction of sp³-hybridized carbons (Fsp3) is 0. The summed E-state index contributed by atoms with van der Waals surface area (Å²) in [5.74, 6) is 0.0420. The Morgan fingerprint density at radius 1 is 1.33 bits per heavy atom. The van der Waals surface area contributed by atoms with E-state index in [1.54, 1.807) is 30.5 Å². The number of nitrogen functional groups attached to an aromatic ring is 1. The predicted octanol–water partition coefficient (Wildman–Crippen LogP) is 3.15. The highest BCUT2D eigenvalue weighted by atomic mass is 35.5. The number of nitriles is 1. The van der Waals surface area contributed by atoms with E-state index in [0.29, 0.717) is 10.7 Å². The molecule has 8 heteroatoms. The highest BCUT2D eigenvalue weighted by molar-refractivity contribution is 7.08. The van der Waals surface area contributed by atoms with Crippen molar-refractivity contribution in [2.75, 3.05) is 5.73 Å². The molecule has 2 heterocycles. The third-order valence-electron chi connectivity index (χ3n) is 3.18. The van der Waals surface area contributed by atoms with Crippen LogP contribution >= 0.6 is 22.9 Å². The lowest BCUT2D eigenvalue weighted by Gasteiger charge is -2.11. The van der Waals surface area contributed by atoms with Crippen molar-refractivity contribution in [3.05, 3.63) is 67.9 Å². The Labute approximate surface area is 146 Å². The van der Waals surface area contributed by atoms with Gasteiger partial charge in [0, 0.05) is 16.8 Å². The fourth-order valence-electron chi connectivity index (χ4n) is 2.06. The van der Waals surface area contributed by atoms with Crippen molar-refractivity contribution >= 4 is 40.7 Å². The summed E-state index contributed by atoms with van der Waals surface area (Å²) in [6.45, 7) is 0. The molecule has 0 bridgehead atoms. The number of halogens is 1. The van der Waals surface area contributed by atoms with Gasteiger partial charge in [-0.15, -0.1) is 0 Å². The van der Waals surface area contributed by atoms with Crippen molar-refractivity contribution in [2.24, 2.45) is 4.99 Å². The molecular weight excluding hydrogens is 346 g/mol. The van der Waals surface area contributed by atoms with Crippen LogP contribution in [-0.4, -0.2) is 15.8 Å². The standard InChI is InChI=1S/C16H10ClN5OS/c17-11-1-3-12(4-2-11)22-15(19)14(13(7-18)21-16(22)23)20-8-10-5-6-24-9-10/h1-6,8-9H,19H2. The molecular formula is C16H10ClN5OS. The minimum Gasteiger partial charge on any atom is -0.383 e. The van der Waals surface area contributed by atoms with Crippen LogP contribution in [0.3, 0.4) is 0 Å². The molecule has 1 aromatic carbocycles. The summed E-state index contributed by atoms with van der Waals surface area (Å²) in [5, 5.41) is 13.5. The van der Waals surface area contributed by atoms with E-state index in [-0.39, 0.29) is 17.2 Å². The molecule has 0 atom stereocenters. The number of thiophene rings is 1. The molecule has 0 saturated heterocycles. The van der Waals surface area contributed by atoms with Gasteiger partial charge in [-0.05, 0) is 41.1 Å². The zero-order chi connectivity index (χ0) is 17.1. The van der Waals surface area contributed by atoms with Crippen LogP contribution in [0.15, 0.2) is 50.9 Å². The van der Waals surface area contributed by atoms with E-state index >= 15 is 0 Å². The third kappa shape index (κ3) is 3.06. The zero-order valence-corrected chi connectivity index (χ0v) is 13.8. The molecule has 0 amide bonds. The molecule has 0 radical (unpaired) electrons. The summed E-state index contributed by atoms with van der Waals surface area (Å²) in [6, 6.07) is 10.3. The lowest BCUT2D eigenvalue weighted by atomic mass is 10.3. The van der Waals surface area contributed by atoms with Gasteiger partial charge in [0.1, 0.15) is 17.6 Å². The molecule has 6 nitrogen and oxygen atoms in total. The van der Waals surface area contributed by atoms with Crippen molar-refractivity contribution in [3.63, 3.8) is 0 Å². The normalized spacial score (nSPS) is 10.8. The minimum absolute atomic E-state index is 0.0420. The second kappa shape index (κ2) is 6.66. The van der Waals surface area contributed by atoms with E-state index in [1.165, 1.54) is 15.9 Å². The Bertz CT molecular complexity index is 1000. The number of nitrogens with two attached hydrogens (primary N) is 1. The summed E-state index contributed by atoms with van der Waals surface area (Å²) in [4.78, 5) is 20.3. The Morgan fingerprint density at radius 3 is 2.71 bits per heavy atom. The second-order valence-corrected chi connectivity index (χ2v) is 5.93. The molecule has 0 aliphatic rings. The Hall–Kier alpha value is -2.95. The number of aromatic nitrogens is 2. The zero-order valence-electron chi connectivity index (χ0n) is 12.2. The Kier molecular flexibility index (Phi) is 4.42. The van der Waals surface area contributed by atoms with Crippen molar-refractivity contribution in [3.8, 4) is 11.8 Å². The van der Waals surface area contributed by atoms with Gasteiger partial charge in [-0.2, -0.15) is 21.6 Å². The molecule has 0 aliphatic heterocycles. The second-order valence-electron chi connectivity index (χ2n) is 4.72. The summed E-state index contributed by atoms with van der Waals surface area (Å²) < 4.78 is 1.19. The summed E-state index contributed by atoms with van der Waals surface area (Å²) in [6.07, 6.45) is 1.57. The van der Waals surface area contributed by atoms with Crippen LogP contribution in [0.2, 0.25) is 5.02 Å². The fourth-order valence-corrected chi connectivity index (χ4v) is 2.80. The molecule has 2 aromatic heterocycles. The molecule has 3 rings (SSSR count). The minimum atomic E-state index is -0.652. The number of aliphatic imine (C=N–C) groups is 1. The van der Waals surface area contributed by atoms with Gasteiger partial charge in [0.25, 0.3) is 0 Å². The van der Waals surface area contributed by atoms with Crippen LogP contribution < -0.4 is 11.4 Å². The summed E-state index contributed by atoms with van der Waals surface area (Å²) in [5.41, 5.74) is 6.84. The van der Waals surface area contributed by atoms with Gasteiger partial charge in [-0.25, -0.2) is 14.4 Å². The first-order chi connectivity index (χ1) is 11.6. The number of benzene rings is 1. The lowest BCUT2D eigenvalue weighted by molar-refractivity contribution is 0.918. The highest BCUT2D eigenvalue weighted by Crippen LogP contribution is 2.26. The van der Waals surface area contributed by atoms with Crippen molar-refractivity contribution in [2.45, 2.75) is 0 Å². The van der Waals surface area contributed by atoms with E-state index in [4.69, 9.17) is 17.3 Å². The monoisotopic (exact) mass is 355 g/mol. The van der Waals surface area contributed by atoms with Gasteiger partial charge >= 0.3 is 5.69 Å². The first-order valence-electron chi connectivity index (χ1n) is 6.75. The lowest BCUT2D eigenvalue weighted by Crippen LogP contribution is -2.25. The predicted molar refractivity (Wildman–Crippen MR) is 95.5 cm³/mol. The van der Waals surface area contributed by atoms with Crippen LogP contribution in [-0.2, 0) is 0 Å². The van der Waals surface area contributed by atoms with E-state index in [0.717, 1.165) is 5.56 Å². The van der Waals surface area contributed by atoms with Crippen LogP contribution in [0.1, 0.15) is 11.3 Å². The molecule has 2 N–H and O–H groups in total. The quantitative estimate of drug-likeness (QED) is 0.730. The summed E-state index contributed by atoms with van der Waals surface area (Å²) >= 11 is 7.39. The molecule has 24 heavy (non-hydrogen) atoms. The number of hydrogen-bond acceptors (Lipinski definition) is 6. The number of hydrogen-bond donors (Lipinski definition) is 1. The molecule has 3 aromatic rings. The van der Waals surface area contributed by atoms with Crippen molar-refractivity contribution in [1.29, 1.82) is 5.26 Å². The Morgan fingerprint density at radius 2 is 2.08 bits per heavy atom. The van der Waals surface area contributed by atoms with E-state index in [1.807, 2.05) is 22.9 Å². The summed E-state index contributed by atoms with van der Waals surface area (Å²) in [7, 11) is 0. The van der Waals surface area contributed by atoms with Gasteiger partial charge in [0.2, 0.25) is 0 Å². The SMILES string of the molecule is N#Cc1nc(=O)n(-c2ccc(Cl)cc2)c(N)c1N=Cc1ccsc1. The largest absolute Gasteiger partial charge is 0.383 e. The molecule has 0 unspecified atom stereocenters. The van der Waals surface area contributed by atoms with Crippen molar-refractivity contribution < 1.29 is 0 Å². The number of anilines is 1. The molecule has 118 valence electrons. The van der Waals surface area contributed by atoms with Gasteiger partial charge in [-0.3, -0.25) is 0 Å². The maximum absolute atomic E-state index is 12.2. The highest BCUT2D eigenvalue weighted by Gasteiger charge is 2.15. The van der Waals surface area contributed by atoms with Crippen molar-refractivity contribution in [1.82, 2.24) is 9.55 Å². The molecule has 0 saturated carbocycles. The van der Waals surface area contributed by atoms with Crippen LogP contribution in [0.4, 0.5) is 11.5 Å². The average molecular weight is 356 g/mol. The maximum Gasteiger partial charge on any atom is 0.355 e. The van der Waals surface area contributed by atoms with Gasteiger partial charge in [0.15, 0.2) is 5.69 Å². The van der Waals surface area contributed by atoms with Gasteiger partial charge in [-0.1, -0.05) is 11.6 Å². The van der Waals surface area contributed by atoms with E-state index in [9.17, 15) is 10.1 Å². The number of nitrogens with zero attached hydrogens (tertiary/aromatic N) is 4. The Balaban J connectivity index is 2.18. The van der Waals surface area contributed by atoms with Crippen LogP contribution in [0.5, 0.6) is 0 Å². The number of rotatable bonds is 3. The average Bonchev–Trinajstić information content (AvgIpc) is 3.08. The molecule has 0 fully saturated rings. The first kappa shape index (κ1) is 15.9. The van der Waals surface area contributed by atoms with Gasteiger partial charge < -0.3 is 5.73 Å². The van der Waals surface area contributed by atoms with Crippen LogP contribution in [0, 0.1) is 11.3 Å². The molecule has 0 spiro atoms. The van der Waals surface area contributed by atoms with Crippen LogP contribution in [0.25, 0.3) is 5.69 Å². The topological polar surface area (TPSA) is 97.1 Å².